The first-order valence-electron chi connectivity index (χ1n) is 6.99. The molecule has 0 aromatic heterocycles. The highest BCUT2D eigenvalue weighted by molar-refractivity contribution is 7.85. The molecule has 0 aliphatic heterocycles. The average Bonchev–Trinajstić information content (AvgIpc) is 2.34. The number of benzene rings is 1. The van der Waals surface area contributed by atoms with Crippen LogP contribution in [0.1, 0.15) is 34.1 Å². The van der Waals surface area contributed by atoms with E-state index in [0.29, 0.717) is 11.6 Å². The van der Waals surface area contributed by atoms with E-state index in [9.17, 15) is 13.2 Å². The van der Waals surface area contributed by atoms with Crippen LogP contribution in [0.15, 0.2) is 29.2 Å². The molecule has 1 aromatic rings. The third-order valence-electron chi connectivity index (χ3n) is 3.27. The second-order valence-electron chi connectivity index (χ2n) is 5.97. The van der Waals surface area contributed by atoms with E-state index in [1.54, 1.807) is 6.07 Å². The molecule has 0 aliphatic carbocycles. The maximum Gasteiger partial charge on any atom is 0.294 e. The van der Waals surface area contributed by atoms with Gasteiger partial charge >= 0.3 is 0 Å². The molecule has 0 radical (unpaired) electrons. The lowest BCUT2D eigenvalue weighted by Gasteiger charge is -2.22. The third kappa shape index (κ3) is 5.47. The lowest BCUT2D eigenvalue weighted by Crippen LogP contribution is -2.28. The highest BCUT2D eigenvalue weighted by atomic mass is 32.2. The molecule has 0 saturated carbocycles. The average molecular weight is 313 g/mol. The van der Waals surface area contributed by atoms with Gasteiger partial charge in [0.25, 0.3) is 10.1 Å². The molecule has 0 aliphatic rings. The standard InChI is InChI=1S/C15H23NO4S/c1-10(2)8-14(11(3)4)15(17)16-12-6-5-7-13(9-12)21(18,19)20/h5-7,9-11,14H,8H2,1-4H3,(H,16,17)(H,18,19,20). The molecule has 1 atom stereocenters. The summed E-state index contributed by atoms with van der Waals surface area (Å²) in [5.74, 6) is 0.315. The molecular formula is C15H23NO4S. The highest BCUT2D eigenvalue weighted by Gasteiger charge is 2.23. The van der Waals surface area contributed by atoms with Crippen LogP contribution in [-0.2, 0) is 14.9 Å². The summed E-state index contributed by atoms with van der Waals surface area (Å²) < 4.78 is 31.2. The zero-order valence-electron chi connectivity index (χ0n) is 12.8. The van der Waals surface area contributed by atoms with E-state index < -0.39 is 10.1 Å². The Balaban J connectivity index is 2.91. The Hall–Kier alpha value is -1.40. The van der Waals surface area contributed by atoms with Crippen LogP contribution >= 0.6 is 0 Å². The summed E-state index contributed by atoms with van der Waals surface area (Å²) in [5.41, 5.74) is 0.365. The number of hydrogen-bond acceptors (Lipinski definition) is 3. The van der Waals surface area contributed by atoms with Gasteiger partial charge in [-0.1, -0.05) is 33.8 Å². The summed E-state index contributed by atoms with van der Waals surface area (Å²) in [6.45, 7) is 8.09. The monoisotopic (exact) mass is 313 g/mol. The molecule has 1 unspecified atom stereocenters. The number of carbonyl (C=O) groups excluding carboxylic acids is 1. The molecule has 1 amide bonds. The van der Waals surface area contributed by atoms with E-state index in [0.717, 1.165) is 6.42 Å². The normalized spacial score (nSPS) is 13.5. The lowest BCUT2D eigenvalue weighted by atomic mass is 9.87. The Morgan fingerprint density at radius 1 is 1.24 bits per heavy atom. The molecule has 0 fully saturated rings. The van der Waals surface area contributed by atoms with Crippen molar-refractivity contribution in [2.45, 2.75) is 39.0 Å². The van der Waals surface area contributed by atoms with Gasteiger partial charge < -0.3 is 5.32 Å². The maximum atomic E-state index is 12.3. The predicted molar refractivity (Wildman–Crippen MR) is 82.7 cm³/mol. The van der Waals surface area contributed by atoms with Gasteiger partial charge in [0.1, 0.15) is 0 Å². The van der Waals surface area contributed by atoms with Gasteiger partial charge in [0.2, 0.25) is 5.91 Å². The summed E-state index contributed by atoms with van der Waals surface area (Å²) in [6, 6.07) is 5.60. The largest absolute Gasteiger partial charge is 0.326 e. The Morgan fingerprint density at radius 3 is 2.33 bits per heavy atom. The molecular weight excluding hydrogens is 290 g/mol. The summed E-state index contributed by atoms with van der Waals surface area (Å²) in [4.78, 5) is 12.1. The van der Waals surface area contributed by atoms with Crippen LogP contribution in [0.2, 0.25) is 0 Å². The number of amides is 1. The number of carbonyl (C=O) groups is 1. The van der Waals surface area contributed by atoms with E-state index in [2.05, 4.69) is 19.2 Å². The SMILES string of the molecule is CC(C)CC(C(=O)Nc1cccc(S(=O)(=O)O)c1)C(C)C. The van der Waals surface area contributed by atoms with Crippen molar-refractivity contribution in [3.8, 4) is 0 Å². The molecule has 5 nitrogen and oxygen atoms in total. The lowest BCUT2D eigenvalue weighted by molar-refractivity contribution is -0.121. The Morgan fingerprint density at radius 2 is 1.86 bits per heavy atom. The molecule has 1 rings (SSSR count). The van der Waals surface area contributed by atoms with Crippen LogP contribution in [0.4, 0.5) is 5.69 Å². The maximum absolute atomic E-state index is 12.3. The first kappa shape index (κ1) is 17.7. The first-order chi connectivity index (χ1) is 9.61. The molecule has 1 aromatic carbocycles. The minimum atomic E-state index is -4.27. The molecule has 2 N–H and O–H groups in total. The molecule has 0 bridgehead atoms. The van der Waals surface area contributed by atoms with E-state index in [1.165, 1.54) is 18.2 Å². The third-order valence-corrected chi connectivity index (χ3v) is 4.12. The Labute approximate surface area is 126 Å². The summed E-state index contributed by atoms with van der Waals surface area (Å²) >= 11 is 0. The van der Waals surface area contributed by atoms with Gasteiger partial charge in [-0.25, -0.2) is 0 Å². The van der Waals surface area contributed by atoms with Crippen LogP contribution in [0.25, 0.3) is 0 Å². The second-order valence-corrected chi connectivity index (χ2v) is 7.39. The van der Waals surface area contributed by atoms with Gasteiger partial charge in [-0.3, -0.25) is 9.35 Å². The Bertz CT molecular complexity index is 593. The van der Waals surface area contributed by atoms with Crippen LogP contribution < -0.4 is 5.32 Å². The van der Waals surface area contributed by atoms with E-state index in [-0.39, 0.29) is 22.6 Å². The van der Waals surface area contributed by atoms with Crippen LogP contribution in [0, 0.1) is 17.8 Å². The zero-order valence-corrected chi connectivity index (χ0v) is 13.6. The molecule has 118 valence electrons. The van der Waals surface area contributed by atoms with Gasteiger partial charge in [0, 0.05) is 11.6 Å². The number of anilines is 1. The van der Waals surface area contributed by atoms with Gasteiger partial charge in [0.15, 0.2) is 0 Å². The van der Waals surface area contributed by atoms with Crippen molar-refractivity contribution in [3.05, 3.63) is 24.3 Å². The highest BCUT2D eigenvalue weighted by Crippen LogP contribution is 2.23. The number of rotatable bonds is 6. The van der Waals surface area contributed by atoms with Crippen molar-refractivity contribution in [1.29, 1.82) is 0 Å². The van der Waals surface area contributed by atoms with Crippen molar-refractivity contribution in [1.82, 2.24) is 0 Å². The fourth-order valence-electron chi connectivity index (χ4n) is 2.16. The summed E-state index contributed by atoms with van der Waals surface area (Å²) in [6.07, 6.45) is 0.765. The fourth-order valence-corrected chi connectivity index (χ4v) is 2.69. The zero-order chi connectivity index (χ0) is 16.2. The second kappa shape index (κ2) is 7.04. The molecule has 21 heavy (non-hydrogen) atoms. The van der Waals surface area contributed by atoms with E-state index >= 15 is 0 Å². The quantitative estimate of drug-likeness (QED) is 0.790. The van der Waals surface area contributed by atoms with Crippen LogP contribution in [-0.4, -0.2) is 18.9 Å². The topological polar surface area (TPSA) is 83.5 Å². The van der Waals surface area contributed by atoms with Crippen molar-refractivity contribution in [2.24, 2.45) is 17.8 Å². The van der Waals surface area contributed by atoms with Crippen LogP contribution in [0.3, 0.4) is 0 Å². The van der Waals surface area contributed by atoms with Crippen LogP contribution in [0.5, 0.6) is 0 Å². The van der Waals surface area contributed by atoms with Gasteiger partial charge in [-0.2, -0.15) is 8.42 Å². The summed E-state index contributed by atoms with van der Waals surface area (Å²) in [7, 11) is -4.27. The Kier molecular flexibility index (Phi) is 5.92. The first-order valence-corrected chi connectivity index (χ1v) is 8.43. The summed E-state index contributed by atoms with van der Waals surface area (Å²) in [5, 5.41) is 2.73. The van der Waals surface area contributed by atoms with Crippen molar-refractivity contribution < 1.29 is 17.8 Å². The number of hydrogen-bond donors (Lipinski definition) is 2. The minimum Gasteiger partial charge on any atom is -0.326 e. The van der Waals surface area contributed by atoms with Gasteiger partial charge in [-0.05, 0) is 36.5 Å². The van der Waals surface area contributed by atoms with Crippen molar-refractivity contribution >= 4 is 21.7 Å². The predicted octanol–water partition coefficient (Wildman–Crippen LogP) is 3.19. The number of nitrogens with one attached hydrogen (secondary N) is 1. The van der Waals surface area contributed by atoms with Crippen molar-refractivity contribution in [2.75, 3.05) is 5.32 Å². The fraction of sp³-hybridized carbons (Fsp3) is 0.533. The smallest absolute Gasteiger partial charge is 0.294 e. The molecule has 6 heteroatoms. The van der Waals surface area contributed by atoms with E-state index in [1.807, 2.05) is 13.8 Å². The van der Waals surface area contributed by atoms with Crippen molar-refractivity contribution in [3.63, 3.8) is 0 Å². The molecule has 0 spiro atoms. The van der Waals surface area contributed by atoms with E-state index in [4.69, 9.17) is 4.55 Å². The molecule has 0 saturated heterocycles. The van der Waals surface area contributed by atoms with Gasteiger partial charge in [-0.15, -0.1) is 0 Å². The minimum absolute atomic E-state index is 0.133. The molecule has 0 heterocycles. The van der Waals surface area contributed by atoms with Gasteiger partial charge in [0.05, 0.1) is 4.90 Å².